The first-order chi connectivity index (χ1) is 6.52. The fraction of sp³-hybridized carbons (Fsp3) is 0.222. The first-order valence-electron chi connectivity index (χ1n) is 4.06. The van der Waals surface area contributed by atoms with Crippen LogP contribution in [0.25, 0.3) is 0 Å². The molecule has 1 aromatic carbocycles. The van der Waals surface area contributed by atoms with Crippen molar-refractivity contribution in [3.8, 4) is 0 Å². The second kappa shape index (κ2) is 4.19. The van der Waals surface area contributed by atoms with Gasteiger partial charge in [0.05, 0.1) is 22.9 Å². The van der Waals surface area contributed by atoms with Crippen LogP contribution in [0, 0.1) is 0 Å². The van der Waals surface area contributed by atoms with Crippen molar-refractivity contribution in [1.29, 1.82) is 0 Å². The normalized spacial score (nSPS) is 9.86. The van der Waals surface area contributed by atoms with E-state index in [1.165, 1.54) is 0 Å². The molecule has 0 saturated heterocycles. The topological polar surface area (TPSA) is 72.3 Å². The average Bonchev–Trinajstić information content (AvgIpc) is 2.08. The van der Waals surface area contributed by atoms with Crippen molar-refractivity contribution in [2.45, 2.75) is 0 Å². The first-order valence-corrected chi connectivity index (χ1v) is 4.43. The van der Waals surface area contributed by atoms with Crippen LogP contribution < -0.4 is 16.4 Å². The molecule has 0 aliphatic carbocycles. The minimum Gasteiger partial charge on any atom is -0.396 e. The average molecular weight is 214 g/mol. The number of nitrogen functional groups attached to an aromatic ring is 1. The van der Waals surface area contributed by atoms with E-state index in [1.54, 1.807) is 30.1 Å². The molecule has 0 atom stereocenters. The molecule has 4 N–H and O–H groups in total. The number of para-hydroxylation sites is 1. The van der Waals surface area contributed by atoms with Gasteiger partial charge in [0.2, 0.25) is 5.91 Å². The van der Waals surface area contributed by atoms with Crippen LogP contribution in [-0.4, -0.2) is 19.5 Å². The highest BCUT2D eigenvalue weighted by Crippen LogP contribution is 2.28. The molecule has 1 aromatic rings. The number of primary amides is 1. The zero-order chi connectivity index (χ0) is 10.7. The largest absolute Gasteiger partial charge is 0.396 e. The molecular weight excluding hydrogens is 202 g/mol. The number of hydrogen-bond donors (Lipinski definition) is 2. The van der Waals surface area contributed by atoms with E-state index in [2.05, 4.69) is 0 Å². The van der Waals surface area contributed by atoms with Crippen LogP contribution in [0.4, 0.5) is 11.4 Å². The summed E-state index contributed by atoms with van der Waals surface area (Å²) in [6, 6.07) is 5.24. The molecule has 0 radical (unpaired) electrons. The van der Waals surface area contributed by atoms with E-state index in [9.17, 15) is 4.79 Å². The standard InChI is InChI=1S/C9H12ClN3O/c1-13(5-8(11)14)7-4-2-3-6(10)9(7)12/h2-4H,5,12H2,1H3,(H2,11,14). The fourth-order valence-corrected chi connectivity index (χ4v) is 1.35. The Morgan fingerprint density at radius 3 is 2.79 bits per heavy atom. The lowest BCUT2D eigenvalue weighted by atomic mass is 10.2. The Morgan fingerprint density at radius 1 is 1.57 bits per heavy atom. The minimum absolute atomic E-state index is 0.116. The van der Waals surface area contributed by atoms with E-state index in [4.69, 9.17) is 23.1 Å². The third-order valence-corrected chi connectivity index (χ3v) is 2.16. The van der Waals surface area contributed by atoms with Crippen LogP contribution in [0.5, 0.6) is 0 Å². The summed E-state index contributed by atoms with van der Waals surface area (Å²) in [5, 5.41) is 0.471. The van der Waals surface area contributed by atoms with E-state index >= 15 is 0 Å². The van der Waals surface area contributed by atoms with Crippen LogP contribution in [-0.2, 0) is 4.79 Å². The van der Waals surface area contributed by atoms with E-state index < -0.39 is 5.91 Å². The van der Waals surface area contributed by atoms with Gasteiger partial charge in [0, 0.05) is 7.05 Å². The molecule has 0 heterocycles. The Labute approximate surface area is 87.4 Å². The van der Waals surface area contributed by atoms with Gasteiger partial charge in [-0.25, -0.2) is 0 Å². The van der Waals surface area contributed by atoms with Crippen LogP contribution in [0.3, 0.4) is 0 Å². The molecule has 0 aromatic heterocycles. The number of nitrogens with two attached hydrogens (primary N) is 2. The summed E-state index contributed by atoms with van der Waals surface area (Å²) >= 11 is 5.83. The van der Waals surface area contributed by atoms with Crippen molar-refractivity contribution in [2.75, 3.05) is 24.2 Å². The number of anilines is 2. The van der Waals surface area contributed by atoms with Crippen molar-refractivity contribution in [1.82, 2.24) is 0 Å². The van der Waals surface area contributed by atoms with Crippen molar-refractivity contribution >= 4 is 28.9 Å². The summed E-state index contributed by atoms with van der Waals surface area (Å²) in [5.41, 5.74) is 12.0. The quantitative estimate of drug-likeness (QED) is 0.731. The third kappa shape index (κ3) is 2.29. The maximum Gasteiger partial charge on any atom is 0.236 e. The zero-order valence-corrected chi connectivity index (χ0v) is 8.58. The fourth-order valence-electron chi connectivity index (χ4n) is 1.18. The minimum atomic E-state index is -0.410. The monoisotopic (exact) mass is 213 g/mol. The molecule has 0 aliphatic heterocycles. The second-order valence-corrected chi connectivity index (χ2v) is 3.40. The number of amides is 1. The highest BCUT2D eigenvalue weighted by atomic mass is 35.5. The summed E-state index contributed by atoms with van der Waals surface area (Å²) in [5.74, 6) is -0.410. The number of rotatable bonds is 3. The van der Waals surface area contributed by atoms with Crippen LogP contribution in [0.15, 0.2) is 18.2 Å². The van der Waals surface area contributed by atoms with E-state index in [-0.39, 0.29) is 6.54 Å². The molecule has 0 aliphatic rings. The van der Waals surface area contributed by atoms with Gasteiger partial charge in [-0.1, -0.05) is 17.7 Å². The van der Waals surface area contributed by atoms with Crippen molar-refractivity contribution in [3.63, 3.8) is 0 Å². The predicted molar refractivity (Wildman–Crippen MR) is 58.3 cm³/mol. The Hall–Kier alpha value is -1.42. The third-order valence-electron chi connectivity index (χ3n) is 1.83. The molecule has 1 amide bonds. The molecule has 0 spiro atoms. The lowest BCUT2D eigenvalue weighted by molar-refractivity contribution is -0.116. The van der Waals surface area contributed by atoms with Crippen LogP contribution >= 0.6 is 11.6 Å². The lowest BCUT2D eigenvalue weighted by Crippen LogP contribution is -2.30. The van der Waals surface area contributed by atoms with E-state index in [1.807, 2.05) is 0 Å². The molecule has 5 heteroatoms. The maximum absolute atomic E-state index is 10.7. The van der Waals surface area contributed by atoms with E-state index in [0.717, 1.165) is 0 Å². The number of hydrogen-bond acceptors (Lipinski definition) is 3. The van der Waals surface area contributed by atoms with Gasteiger partial charge in [0.15, 0.2) is 0 Å². The number of carbonyl (C=O) groups excluding carboxylic acids is 1. The smallest absolute Gasteiger partial charge is 0.236 e. The van der Waals surface area contributed by atoms with Gasteiger partial charge in [-0.3, -0.25) is 4.79 Å². The molecule has 4 nitrogen and oxygen atoms in total. The SMILES string of the molecule is CN(CC(N)=O)c1cccc(Cl)c1N. The molecule has 14 heavy (non-hydrogen) atoms. The van der Waals surface area contributed by atoms with Crippen LogP contribution in [0.2, 0.25) is 5.02 Å². The second-order valence-electron chi connectivity index (χ2n) is 3.00. The van der Waals surface area contributed by atoms with Crippen molar-refractivity contribution in [3.05, 3.63) is 23.2 Å². The van der Waals surface area contributed by atoms with Gasteiger partial charge in [0.1, 0.15) is 0 Å². The summed E-state index contributed by atoms with van der Waals surface area (Å²) in [4.78, 5) is 12.3. The number of benzene rings is 1. The highest BCUT2D eigenvalue weighted by Gasteiger charge is 2.09. The number of nitrogens with zero attached hydrogens (tertiary/aromatic N) is 1. The van der Waals surface area contributed by atoms with Gasteiger partial charge >= 0.3 is 0 Å². The molecule has 0 bridgehead atoms. The summed E-state index contributed by atoms with van der Waals surface area (Å²) in [6.45, 7) is 0.116. The van der Waals surface area contributed by atoms with Crippen LogP contribution in [0.1, 0.15) is 0 Å². The van der Waals surface area contributed by atoms with Gasteiger partial charge in [0.25, 0.3) is 0 Å². The number of carbonyl (C=O) groups is 1. The summed E-state index contributed by atoms with van der Waals surface area (Å²) in [7, 11) is 1.73. The summed E-state index contributed by atoms with van der Waals surface area (Å²) < 4.78 is 0. The van der Waals surface area contributed by atoms with E-state index in [0.29, 0.717) is 16.4 Å². The Balaban J connectivity index is 2.95. The molecule has 1 rings (SSSR count). The first kappa shape index (κ1) is 10.7. The lowest BCUT2D eigenvalue weighted by Gasteiger charge is -2.19. The predicted octanol–water partition coefficient (Wildman–Crippen LogP) is 0.844. The molecule has 76 valence electrons. The highest BCUT2D eigenvalue weighted by molar-refractivity contribution is 6.33. The molecule has 0 fully saturated rings. The maximum atomic E-state index is 10.7. The number of likely N-dealkylation sites (N-methyl/N-ethyl adjacent to an activating group) is 1. The molecule has 0 saturated carbocycles. The van der Waals surface area contributed by atoms with Crippen molar-refractivity contribution < 1.29 is 4.79 Å². The van der Waals surface area contributed by atoms with Gasteiger partial charge in [-0.15, -0.1) is 0 Å². The van der Waals surface area contributed by atoms with Gasteiger partial charge in [-0.05, 0) is 12.1 Å². The Kier molecular flexibility index (Phi) is 3.19. The van der Waals surface area contributed by atoms with Crippen molar-refractivity contribution in [2.24, 2.45) is 5.73 Å². The van der Waals surface area contributed by atoms with Gasteiger partial charge < -0.3 is 16.4 Å². The molecule has 0 unspecified atom stereocenters. The Bertz CT molecular complexity index is 354. The van der Waals surface area contributed by atoms with Gasteiger partial charge in [-0.2, -0.15) is 0 Å². The zero-order valence-electron chi connectivity index (χ0n) is 7.83. The summed E-state index contributed by atoms with van der Waals surface area (Å²) in [6.07, 6.45) is 0. The number of halogens is 1. The Morgan fingerprint density at radius 2 is 2.21 bits per heavy atom. The molecular formula is C9H12ClN3O.